The highest BCUT2D eigenvalue weighted by Crippen LogP contribution is 2.10. The van der Waals surface area contributed by atoms with Crippen LogP contribution in [0.1, 0.15) is 59.3 Å². The molecule has 0 spiro atoms. The minimum absolute atomic E-state index is 0.337. The van der Waals surface area contributed by atoms with Crippen molar-refractivity contribution >= 4 is 21.8 Å². The molecule has 0 aromatic carbocycles. The number of carbonyl (C=O) groups excluding carboxylic acids is 1. The molecule has 0 N–H and O–H groups in total. The van der Waals surface area contributed by atoms with Crippen LogP contribution in [0.5, 0.6) is 0 Å². The smallest absolute Gasteiger partial charge is 0.222 e. The van der Waals surface area contributed by atoms with E-state index >= 15 is 0 Å². The number of alkyl halides is 1. The number of halogens is 1. The Morgan fingerprint density at radius 1 is 1.25 bits per heavy atom. The van der Waals surface area contributed by atoms with Crippen LogP contribution in [-0.4, -0.2) is 28.7 Å². The summed E-state index contributed by atoms with van der Waals surface area (Å²) in [6.07, 6.45) is 6.13. The summed E-state index contributed by atoms with van der Waals surface area (Å²) in [6.45, 7) is 7.40. The van der Waals surface area contributed by atoms with Crippen molar-refractivity contribution in [1.29, 1.82) is 0 Å². The number of hydrogen-bond donors (Lipinski definition) is 0. The summed E-state index contributed by atoms with van der Waals surface area (Å²) in [4.78, 5) is 14.1. The van der Waals surface area contributed by atoms with Crippen molar-refractivity contribution in [3.05, 3.63) is 0 Å². The molecule has 0 aliphatic carbocycles. The van der Waals surface area contributed by atoms with Gasteiger partial charge in [0.05, 0.1) is 0 Å². The van der Waals surface area contributed by atoms with E-state index in [1.54, 1.807) is 0 Å². The van der Waals surface area contributed by atoms with E-state index in [2.05, 4.69) is 41.6 Å². The first-order valence-electron chi connectivity index (χ1n) is 6.52. The molecule has 16 heavy (non-hydrogen) atoms. The van der Waals surface area contributed by atoms with Crippen LogP contribution in [0, 0.1) is 0 Å². The van der Waals surface area contributed by atoms with Crippen molar-refractivity contribution in [2.75, 3.05) is 11.9 Å². The Kier molecular flexibility index (Phi) is 10.1. The molecular weight excluding hydrogens is 266 g/mol. The minimum Gasteiger partial charge on any atom is -0.340 e. The second-order valence-electron chi connectivity index (χ2n) is 4.34. The van der Waals surface area contributed by atoms with Gasteiger partial charge < -0.3 is 4.90 Å². The number of amides is 1. The lowest BCUT2D eigenvalue weighted by Gasteiger charge is -2.28. The molecule has 0 saturated carbocycles. The SMILES string of the molecule is CCCCN(C(=O)CCCCBr)C(C)CC. The fraction of sp³-hybridized carbons (Fsp3) is 0.923. The lowest BCUT2D eigenvalue weighted by Crippen LogP contribution is -2.38. The van der Waals surface area contributed by atoms with Gasteiger partial charge in [0.2, 0.25) is 5.91 Å². The normalized spacial score (nSPS) is 12.5. The van der Waals surface area contributed by atoms with Gasteiger partial charge >= 0.3 is 0 Å². The summed E-state index contributed by atoms with van der Waals surface area (Å²) in [5.41, 5.74) is 0. The second-order valence-corrected chi connectivity index (χ2v) is 5.14. The topological polar surface area (TPSA) is 20.3 Å². The lowest BCUT2D eigenvalue weighted by molar-refractivity contribution is -0.133. The van der Waals surface area contributed by atoms with Crippen molar-refractivity contribution in [3.8, 4) is 0 Å². The molecule has 0 saturated heterocycles. The Labute approximate surface area is 109 Å². The highest BCUT2D eigenvalue weighted by molar-refractivity contribution is 9.09. The summed E-state index contributed by atoms with van der Waals surface area (Å²) in [7, 11) is 0. The molecule has 0 aliphatic heterocycles. The molecule has 2 nitrogen and oxygen atoms in total. The molecule has 0 aromatic rings. The number of rotatable bonds is 9. The van der Waals surface area contributed by atoms with Gasteiger partial charge in [-0.15, -0.1) is 0 Å². The van der Waals surface area contributed by atoms with Gasteiger partial charge in [0, 0.05) is 24.3 Å². The monoisotopic (exact) mass is 291 g/mol. The zero-order valence-corrected chi connectivity index (χ0v) is 12.6. The van der Waals surface area contributed by atoms with E-state index in [0.717, 1.165) is 44.0 Å². The van der Waals surface area contributed by atoms with Crippen LogP contribution >= 0.6 is 15.9 Å². The van der Waals surface area contributed by atoms with Gasteiger partial charge in [-0.1, -0.05) is 36.2 Å². The molecule has 1 atom stereocenters. The van der Waals surface area contributed by atoms with Crippen LogP contribution in [0.2, 0.25) is 0 Å². The summed E-state index contributed by atoms with van der Waals surface area (Å²) < 4.78 is 0. The molecule has 96 valence electrons. The first-order valence-corrected chi connectivity index (χ1v) is 7.64. The molecule has 0 heterocycles. The first kappa shape index (κ1) is 16.0. The van der Waals surface area contributed by atoms with Gasteiger partial charge in [-0.3, -0.25) is 4.79 Å². The Morgan fingerprint density at radius 2 is 1.94 bits per heavy atom. The quantitative estimate of drug-likeness (QED) is 0.465. The van der Waals surface area contributed by atoms with Gasteiger partial charge in [0.25, 0.3) is 0 Å². The third kappa shape index (κ3) is 6.51. The van der Waals surface area contributed by atoms with E-state index in [-0.39, 0.29) is 0 Å². The molecule has 0 fully saturated rings. The van der Waals surface area contributed by atoms with Crippen molar-refractivity contribution in [3.63, 3.8) is 0 Å². The van der Waals surface area contributed by atoms with E-state index in [1.165, 1.54) is 0 Å². The number of hydrogen-bond acceptors (Lipinski definition) is 1. The van der Waals surface area contributed by atoms with E-state index < -0.39 is 0 Å². The van der Waals surface area contributed by atoms with Gasteiger partial charge in [-0.2, -0.15) is 0 Å². The van der Waals surface area contributed by atoms with E-state index in [4.69, 9.17) is 0 Å². The lowest BCUT2D eigenvalue weighted by atomic mass is 10.1. The zero-order valence-electron chi connectivity index (χ0n) is 11.0. The highest BCUT2D eigenvalue weighted by atomic mass is 79.9. The predicted octanol–water partition coefficient (Wildman–Crippen LogP) is 3.98. The molecule has 0 aromatic heterocycles. The summed E-state index contributed by atoms with van der Waals surface area (Å²) in [5, 5.41) is 0.999. The molecule has 0 rings (SSSR count). The number of carbonyl (C=O) groups is 1. The Morgan fingerprint density at radius 3 is 2.44 bits per heavy atom. The van der Waals surface area contributed by atoms with E-state index in [0.29, 0.717) is 18.4 Å². The average molecular weight is 292 g/mol. The second kappa shape index (κ2) is 10.1. The van der Waals surface area contributed by atoms with Crippen LogP contribution < -0.4 is 0 Å². The average Bonchev–Trinajstić information content (AvgIpc) is 2.29. The van der Waals surface area contributed by atoms with Crippen LogP contribution in [0.15, 0.2) is 0 Å². The number of nitrogens with zero attached hydrogens (tertiary/aromatic N) is 1. The Bertz CT molecular complexity index is 185. The fourth-order valence-corrected chi connectivity index (χ4v) is 2.05. The molecule has 0 aliphatic rings. The van der Waals surface area contributed by atoms with Crippen LogP contribution in [-0.2, 0) is 4.79 Å². The summed E-state index contributed by atoms with van der Waals surface area (Å²) in [6, 6.07) is 0.392. The largest absolute Gasteiger partial charge is 0.340 e. The van der Waals surface area contributed by atoms with E-state index in [1.807, 2.05) is 0 Å². The maximum atomic E-state index is 12.0. The number of unbranched alkanes of at least 4 members (excludes halogenated alkanes) is 2. The van der Waals surface area contributed by atoms with Crippen molar-refractivity contribution in [2.45, 2.75) is 65.3 Å². The maximum absolute atomic E-state index is 12.0. The predicted molar refractivity (Wildman–Crippen MR) is 74.0 cm³/mol. The Hall–Kier alpha value is -0.0500. The van der Waals surface area contributed by atoms with Crippen LogP contribution in [0.4, 0.5) is 0 Å². The molecule has 3 heteroatoms. The summed E-state index contributed by atoms with van der Waals surface area (Å²) >= 11 is 3.40. The van der Waals surface area contributed by atoms with E-state index in [9.17, 15) is 4.79 Å². The standard InChI is InChI=1S/C13H26BrNO/c1-4-6-11-15(12(3)5-2)13(16)9-7-8-10-14/h12H,4-11H2,1-3H3. The van der Waals surface area contributed by atoms with Crippen LogP contribution in [0.25, 0.3) is 0 Å². The molecule has 0 bridgehead atoms. The summed E-state index contributed by atoms with van der Waals surface area (Å²) in [5.74, 6) is 0.337. The Balaban J connectivity index is 4.09. The fourth-order valence-electron chi connectivity index (χ4n) is 1.65. The van der Waals surface area contributed by atoms with Gasteiger partial charge in [-0.05, 0) is 32.6 Å². The molecule has 0 radical (unpaired) electrons. The molecule has 1 amide bonds. The van der Waals surface area contributed by atoms with Crippen molar-refractivity contribution in [1.82, 2.24) is 4.90 Å². The molecular formula is C13H26BrNO. The third-order valence-corrected chi connectivity index (χ3v) is 3.53. The van der Waals surface area contributed by atoms with Gasteiger partial charge in [0.15, 0.2) is 0 Å². The molecule has 1 unspecified atom stereocenters. The van der Waals surface area contributed by atoms with Crippen molar-refractivity contribution < 1.29 is 4.79 Å². The van der Waals surface area contributed by atoms with Crippen LogP contribution in [0.3, 0.4) is 0 Å². The minimum atomic E-state index is 0.337. The first-order chi connectivity index (χ1) is 7.67. The zero-order chi connectivity index (χ0) is 12.4. The van der Waals surface area contributed by atoms with Crippen molar-refractivity contribution in [2.24, 2.45) is 0 Å². The third-order valence-electron chi connectivity index (χ3n) is 2.97. The highest BCUT2D eigenvalue weighted by Gasteiger charge is 2.17. The van der Waals surface area contributed by atoms with Gasteiger partial charge in [-0.25, -0.2) is 0 Å². The maximum Gasteiger partial charge on any atom is 0.222 e. The van der Waals surface area contributed by atoms with Gasteiger partial charge in [0.1, 0.15) is 0 Å².